The predicted molar refractivity (Wildman–Crippen MR) is 98.6 cm³/mol. The summed E-state index contributed by atoms with van der Waals surface area (Å²) in [5, 5.41) is 7.22. The largest absolute Gasteiger partial charge is 0.314 e. The molecular weight excluding hydrogens is 282 g/mol. The van der Waals surface area contributed by atoms with E-state index in [9.17, 15) is 0 Å². The summed E-state index contributed by atoms with van der Waals surface area (Å²) >= 11 is 0. The van der Waals surface area contributed by atoms with Crippen LogP contribution in [0.5, 0.6) is 0 Å². The molecule has 3 nitrogen and oxygen atoms in total. The minimum atomic E-state index is 0.304. The van der Waals surface area contributed by atoms with Gasteiger partial charge in [-0.2, -0.15) is 0 Å². The van der Waals surface area contributed by atoms with E-state index >= 15 is 0 Å². The molecule has 1 saturated carbocycles. The molecule has 0 bridgehead atoms. The van der Waals surface area contributed by atoms with E-state index in [0.717, 1.165) is 32.1 Å². The van der Waals surface area contributed by atoms with Gasteiger partial charge in [0.1, 0.15) is 0 Å². The van der Waals surface area contributed by atoms with E-state index in [1.807, 2.05) is 6.20 Å². The van der Waals surface area contributed by atoms with Crippen LogP contribution in [0.3, 0.4) is 0 Å². The summed E-state index contributed by atoms with van der Waals surface area (Å²) in [5.74, 6) is 0. The minimum absolute atomic E-state index is 0.304. The smallest absolute Gasteiger partial charge is 0.0409 e. The summed E-state index contributed by atoms with van der Waals surface area (Å²) in [5.41, 5.74) is 2.78. The van der Waals surface area contributed by atoms with Gasteiger partial charge in [-0.05, 0) is 55.8 Å². The molecule has 2 N–H and O–H groups in total. The predicted octanol–water partition coefficient (Wildman–Crippen LogP) is 4.07. The number of hydrogen-bond acceptors (Lipinski definition) is 3. The molecule has 0 saturated heterocycles. The van der Waals surface area contributed by atoms with E-state index in [4.69, 9.17) is 0 Å². The van der Waals surface area contributed by atoms with Gasteiger partial charge in [0.25, 0.3) is 0 Å². The van der Waals surface area contributed by atoms with Crippen molar-refractivity contribution in [2.75, 3.05) is 13.1 Å². The quantitative estimate of drug-likeness (QED) is 0.710. The van der Waals surface area contributed by atoms with Gasteiger partial charge in [0.2, 0.25) is 0 Å². The Kier molecular flexibility index (Phi) is 7.51. The van der Waals surface area contributed by atoms with E-state index in [-0.39, 0.29) is 0 Å². The molecule has 130 valence electrons. The molecule has 1 aromatic rings. The molecule has 0 atom stereocenters. The van der Waals surface area contributed by atoms with Crippen molar-refractivity contribution in [3.05, 3.63) is 29.6 Å². The van der Waals surface area contributed by atoms with Crippen molar-refractivity contribution in [1.82, 2.24) is 15.6 Å². The molecule has 0 aliphatic heterocycles. The zero-order chi connectivity index (χ0) is 16.5. The summed E-state index contributed by atoms with van der Waals surface area (Å²) < 4.78 is 0. The van der Waals surface area contributed by atoms with E-state index in [2.05, 4.69) is 48.5 Å². The van der Waals surface area contributed by atoms with Gasteiger partial charge in [0, 0.05) is 24.5 Å². The van der Waals surface area contributed by atoms with E-state index in [1.165, 1.54) is 49.8 Å². The second kappa shape index (κ2) is 9.39. The summed E-state index contributed by atoms with van der Waals surface area (Å²) in [4.78, 5) is 4.59. The maximum absolute atomic E-state index is 4.59. The Hall–Kier alpha value is -0.930. The average Bonchev–Trinajstić information content (AvgIpc) is 2.52. The number of rotatable bonds is 8. The highest BCUT2D eigenvalue weighted by atomic mass is 14.9. The highest BCUT2D eigenvalue weighted by Crippen LogP contribution is 2.19. The standard InChI is InChI=1S/C20H35N3/c1-20(2,3)14-19-11-10-17(16-23-19)15-21-12-7-13-22-18-8-5-4-6-9-18/h10-11,16,18,21-22H,4-9,12-15H2,1-3H3. The fourth-order valence-electron chi connectivity index (χ4n) is 3.27. The zero-order valence-corrected chi connectivity index (χ0v) is 15.3. The number of nitrogens with one attached hydrogen (secondary N) is 2. The van der Waals surface area contributed by atoms with Crippen molar-refractivity contribution in [2.45, 2.75) is 78.3 Å². The van der Waals surface area contributed by atoms with Crippen molar-refractivity contribution < 1.29 is 0 Å². The minimum Gasteiger partial charge on any atom is -0.314 e. The molecule has 3 heteroatoms. The lowest BCUT2D eigenvalue weighted by molar-refractivity contribution is 0.371. The van der Waals surface area contributed by atoms with Crippen LogP contribution in [0.1, 0.15) is 70.6 Å². The number of aromatic nitrogens is 1. The van der Waals surface area contributed by atoms with Crippen LogP contribution < -0.4 is 10.6 Å². The summed E-state index contributed by atoms with van der Waals surface area (Å²) in [6, 6.07) is 5.16. The number of nitrogens with zero attached hydrogens (tertiary/aromatic N) is 1. The summed E-state index contributed by atoms with van der Waals surface area (Å²) in [6.07, 6.45) is 11.3. The Labute approximate surface area is 142 Å². The third-order valence-corrected chi connectivity index (χ3v) is 4.50. The fourth-order valence-corrected chi connectivity index (χ4v) is 3.27. The fraction of sp³-hybridized carbons (Fsp3) is 0.750. The molecule has 1 aromatic heterocycles. The van der Waals surface area contributed by atoms with Crippen LogP contribution in [0.15, 0.2) is 18.3 Å². The lowest BCUT2D eigenvalue weighted by Crippen LogP contribution is -2.33. The molecule has 1 aliphatic carbocycles. The van der Waals surface area contributed by atoms with Crippen molar-refractivity contribution in [3.8, 4) is 0 Å². The van der Waals surface area contributed by atoms with Crippen LogP contribution in [0.25, 0.3) is 0 Å². The Morgan fingerprint density at radius 3 is 2.52 bits per heavy atom. The van der Waals surface area contributed by atoms with Gasteiger partial charge in [-0.1, -0.05) is 46.1 Å². The second-order valence-electron chi connectivity index (χ2n) is 8.21. The van der Waals surface area contributed by atoms with Crippen molar-refractivity contribution >= 4 is 0 Å². The molecule has 0 spiro atoms. The normalized spacial score (nSPS) is 16.7. The molecule has 1 heterocycles. The van der Waals surface area contributed by atoms with Gasteiger partial charge in [0.15, 0.2) is 0 Å². The van der Waals surface area contributed by atoms with Gasteiger partial charge in [-0.15, -0.1) is 0 Å². The van der Waals surface area contributed by atoms with Crippen molar-refractivity contribution in [3.63, 3.8) is 0 Å². The van der Waals surface area contributed by atoms with Crippen LogP contribution in [-0.2, 0) is 13.0 Å². The molecule has 1 fully saturated rings. The molecule has 23 heavy (non-hydrogen) atoms. The van der Waals surface area contributed by atoms with Gasteiger partial charge in [0.05, 0.1) is 0 Å². The maximum Gasteiger partial charge on any atom is 0.0409 e. The summed E-state index contributed by atoms with van der Waals surface area (Å²) in [6.45, 7) is 9.90. The number of hydrogen-bond donors (Lipinski definition) is 2. The third-order valence-electron chi connectivity index (χ3n) is 4.50. The molecule has 0 unspecified atom stereocenters. The highest BCUT2D eigenvalue weighted by molar-refractivity contribution is 5.14. The van der Waals surface area contributed by atoms with Gasteiger partial charge in [-0.25, -0.2) is 0 Å². The Bertz CT molecular complexity index is 427. The third kappa shape index (κ3) is 7.94. The lowest BCUT2D eigenvalue weighted by Gasteiger charge is -2.22. The van der Waals surface area contributed by atoms with E-state index in [1.54, 1.807) is 0 Å². The molecule has 0 aromatic carbocycles. The van der Waals surface area contributed by atoms with E-state index in [0.29, 0.717) is 5.41 Å². The van der Waals surface area contributed by atoms with Crippen LogP contribution in [0, 0.1) is 5.41 Å². The first kappa shape index (κ1) is 18.4. The van der Waals surface area contributed by atoms with Crippen molar-refractivity contribution in [2.24, 2.45) is 5.41 Å². The molecule has 0 radical (unpaired) electrons. The van der Waals surface area contributed by atoms with Crippen LogP contribution in [0.2, 0.25) is 0 Å². The molecule has 1 aliphatic rings. The van der Waals surface area contributed by atoms with E-state index < -0.39 is 0 Å². The zero-order valence-electron chi connectivity index (χ0n) is 15.3. The first-order chi connectivity index (χ1) is 11.0. The monoisotopic (exact) mass is 317 g/mol. The average molecular weight is 318 g/mol. The van der Waals surface area contributed by atoms with Gasteiger partial charge < -0.3 is 10.6 Å². The molecular formula is C20H35N3. The van der Waals surface area contributed by atoms with Crippen LogP contribution in [0.4, 0.5) is 0 Å². The molecule has 0 amide bonds. The maximum atomic E-state index is 4.59. The highest BCUT2D eigenvalue weighted by Gasteiger charge is 2.12. The Morgan fingerprint density at radius 1 is 1.09 bits per heavy atom. The van der Waals surface area contributed by atoms with Crippen molar-refractivity contribution in [1.29, 1.82) is 0 Å². The number of pyridine rings is 1. The van der Waals surface area contributed by atoms with Gasteiger partial charge >= 0.3 is 0 Å². The van der Waals surface area contributed by atoms with Crippen LogP contribution >= 0.6 is 0 Å². The summed E-state index contributed by atoms with van der Waals surface area (Å²) in [7, 11) is 0. The SMILES string of the molecule is CC(C)(C)Cc1ccc(CNCCCNC2CCCCC2)cn1. The molecule has 2 rings (SSSR count). The topological polar surface area (TPSA) is 37.0 Å². The first-order valence-corrected chi connectivity index (χ1v) is 9.41. The Balaban J connectivity index is 1.55. The lowest BCUT2D eigenvalue weighted by atomic mass is 9.90. The first-order valence-electron chi connectivity index (χ1n) is 9.41. The van der Waals surface area contributed by atoms with Gasteiger partial charge in [-0.3, -0.25) is 4.98 Å². The Morgan fingerprint density at radius 2 is 1.87 bits per heavy atom. The van der Waals surface area contributed by atoms with Crippen LogP contribution in [-0.4, -0.2) is 24.1 Å². The second-order valence-corrected chi connectivity index (χ2v) is 8.21.